The van der Waals surface area contributed by atoms with Crippen molar-refractivity contribution in [3.8, 4) is 5.75 Å². The SMILES string of the molecule is COc1ccc(N)cc1S(=O)(=O)NC(C)C1CCCC1. The van der Waals surface area contributed by atoms with Gasteiger partial charge in [-0.15, -0.1) is 0 Å². The highest BCUT2D eigenvalue weighted by Gasteiger charge is 2.27. The average Bonchev–Trinajstić information content (AvgIpc) is 2.92. The molecule has 5 nitrogen and oxygen atoms in total. The Morgan fingerprint density at radius 3 is 2.60 bits per heavy atom. The topological polar surface area (TPSA) is 81.4 Å². The van der Waals surface area contributed by atoms with Gasteiger partial charge < -0.3 is 10.5 Å². The van der Waals surface area contributed by atoms with E-state index in [1.54, 1.807) is 12.1 Å². The Bertz CT molecular complexity index is 566. The van der Waals surface area contributed by atoms with Gasteiger partial charge in [-0.3, -0.25) is 0 Å². The molecule has 0 bridgehead atoms. The lowest BCUT2D eigenvalue weighted by atomic mass is 10.0. The van der Waals surface area contributed by atoms with Gasteiger partial charge in [0, 0.05) is 11.7 Å². The largest absolute Gasteiger partial charge is 0.495 e. The van der Waals surface area contributed by atoms with E-state index in [0.717, 1.165) is 12.8 Å². The highest BCUT2D eigenvalue weighted by molar-refractivity contribution is 7.89. The van der Waals surface area contributed by atoms with Crippen molar-refractivity contribution in [2.24, 2.45) is 5.92 Å². The van der Waals surface area contributed by atoms with Gasteiger partial charge in [0.15, 0.2) is 0 Å². The highest BCUT2D eigenvalue weighted by Crippen LogP contribution is 2.30. The average molecular weight is 298 g/mol. The van der Waals surface area contributed by atoms with E-state index in [9.17, 15) is 8.42 Å². The number of nitrogens with two attached hydrogens (primary N) is 1. The van der Waals surface area contributed by atoms with Crippen molar-refractivity contribution in [2.45, 2.75) is 43.5 Å². The van der Waals surface area contributed by atoms with Crippen LogP contribution < -0.4 is 15.2 Å². The molecule has 3 N–H and O–H groups in total. The first-order valence-electron chi connectivity index (χ1n) is 6.90. The normalized spacial score (nSPS) is 18.1. The number of nitrogens with one attached hydrogen (secondary N) is 1. The number of sulfonamides is 1. The molecule has 0 spiro atoms. The third kappa shape index (κ3) is 3.24. The number of hydrogen-bond donors (Lipinski definition) is 2. The maximum Gasteiger partial charge on any atom is 0.244 e. The maximum atomic E-state index is 12.5. The Morgan fingerprint density at radius 1 is 1.35 bits per heavy atom. The maximum absolute atomic E-state index is 12.5. The standard InChI is InChI=1S/C14H22N2O3S/c1-10(11-5-3-4-6-11)16-20(17,18)14-9-12(15)7-8-13(14)19-2/h7-11,16H,3-6,15H2,1-2H3. The summed E-state index contributed by atoms with van der Waals surface area (Å²) >= 11 is 0. The van der Waals surface area contributed by atoms with Crippen LogP contribution in [0.2, 0.25) is 0 Å². The first-order valence-corrected chi connectivity index (χ1v) is 8.38. The van der Waals surface area contributed by atoms with E-state index in [1.807, 2.05) is 6.92 Å². The van der Waals surface area contributed by atoms with E-state index in [1.165, 1.54) is 26.0 Å². The summed E-state index contributed by atoms with van der Waals surface area (Å²) in [6.07, 6.45) is 4.52. The van der Waals surface area contributed by atoms with Crippen LogP contribution in [0.25, 0.3) is 0 Å². The second kappa shape index (κ2) is 6.01. The van der Waals surface area contributed by atoms with Crippen LogP contribution in [-0.2, 0) is 10.0 Å². The molecule has 1 aliphatic carbocycles. The van der Waals surface area contributed by atoms with Crippen LogP contribution in [0.15, 0.2) is 23.1 Å². The van der Waals surface area contributed by atoms with E-state index in [-0.39, 0.29) is 10.9 Å². The molecule has 1 aromatic rings. The van der Waals surface area contributed by atoms with Crippen LogP contribution in [0.1, 0.15) is 32.6 Å². The zero-order valence-corrected chi connectivity index (χ0v) is 12.7. The summed E-state index contributed by atoms with van der Waals surface area (Å²) in [5, 5.41) is 0. The Kier molecular flexibility index (Phi) is 4.55. The molecule has 2 rings (SSSR count). The molecule has 0 heterocycles. The minimum absolute atomic E-state index is 0.0753. The van der Waals surface area contributed by atoms with Crippen molar-refractivity contribution in [2.75, 3.05) is 12.8 Å². The monoisotopic (exact) mass is 298 g/mol. The molecule has 0 aromatic heterocycles. The minimum Gasteiger partial charge on any atom is -0.495 e. The summed E-state index contributed by atoms with van der Waals surface area (Å²) < 4.78 is 32.8. The lowest BCUT2D eigenvalue weighted by Gasteiger charge is -2.21. The number of ether oxygens (including phenoxy) is 1. The zero-order valence-electron chi connectivity index (χ0n) is 11.9. The van der Waals surface area contributed by atoms with Crippen molar-refractivity contribution in [1.29, 1.82) is 0 Å². The molecule has 1 aromatic carbocycles. The summed E-state index contributed by atoms with van der Waals surface area (Å²) in [5.74, 6) is 0.724. The molecule has 6 heteroatoms. The summed E-state index contributed by atoms with van der Waals surface area (Å²) in [6.45, 7) is 1.92. The quantitative estimate of drug-likeness (QED) is 0.816. The van der Waals surface area contributed by atoms with Gasteiger partial charge in [-0.1, -0.05) is 12.8 Å². The summed E-state index contributed by atoms with van der Waals surface area (Å²) in [5.41, 5.74) is 6.09. The van der Waals surface area contributed by atoms with Gasteiger partial charge >= 0.3 is 0 Å². The number of nitrogen functional groups attached to an aromatic ring is 1. The molecule has 112 valence electrons. The predicted octanol–water partition coefficient (Wildman–Crippen LogP) is 2.13. The highest BCUT2D eigenvalue weighted by atomic mass is 32.2. The molecule has 0 saturated heterocycles. The summed E-state index contributed by atoms with van der Waals surface area (Å²) in [6, 6.07) is 4.55. The molecule has 1 atom stereocenters. The predicted molar refractivity (Wildman–Crippen MR) is 79.1 cm³/mol. The Morgan fingerprint density at radius 2 is 2.00 bits per heavy atom. The van der Waals surface area contributed by atoms with Gasteiger partial charge in [0.25, 0.3) is 0 Å². The second-order valence-electron chi connectivity index (χ2n) is 5.36. The van der Waals surface area contributed by atoms with Gasteiger partial charge in [0.1, 0.15) is 10.6 Å². The lowest BCUT2D eigenvalue weighted by molar-refractivity contribution is 0.399. The Balaban J connectivity index is 2.23. The van der Waals surface area contributed by atoms with Crippen LogP contribution in [0.4, 0.5) is 5.69 Å². The smallest absolute Gasteiger partial charge is 0.244 e. The lowest BCUT2D eigenvalue weighted by Crippen LogP contribution is -2.37. The molecule has 1 fully saturated rings. The number of anilines is 1. The fraction of sp³-hybridized carbons (Fsp3) is 0.571. The number of rotatable bonds is 5. The molecule has 0 radical (unpaired) electrons. The van der Waals surface area contributed by atoms with E-state index >= 15 is 0 Å². The number of benzene rings is 1. The van der Waals surface area contributed by atoms with Crippen LogP contribution in [0.5, 0.6) is 5.75 Å². The molecule has 0 aliphatic heterocycles. The van der Waals surface area contributed by atoms with Gasteiger partial charge in [-0.05, 0) is 43.9 Å². The number of methoxy groups -OCH3 is 1. The summed E-state index contributed by atoms with van der Waals surface area (Å²) in [7, 11) is -2.17. The minimum atomic E-state index is -3.62. The molecule has 0 amide bonds. The van der Waals surface area contributed by atoms with Crippen LogP contribution in [-0.4, -0.2) is 21.6 Å². The van der Waals surface area contributed by atoms with Crippen LogP contribution in [0, 0.1) is 5.92 Å². The second-order valence-corrected chi connectivity index (χ2v) is 7.05. The first kappa shape index (κ1) is 15.1. The fourth-order valence-electron chi connectivity index (χ4n) is 2.77. The zero-order chi connectivity index (χ0) is 14.8. The first-order chi connectivity index (χ1) is 9.44. The Labute approximate surface area is 120 Å². The van der Waals surface area contributed by atoms with Crippen molar-refractivity contribution in [3.63, 3.8) is 0 Å². The van der Waals surface area contributed by atoms with Crippen molar-refractivity contribution < 1.29 is 13.2 Å². The van der Waals surface area contributed by atoms with Crippen molar-refractivity contribution in [1.82, 2.24) is 4.72 Å². The van der Waals surface area contributed by atoms with Gasteiger partial charge in [-0.2, -0.15) is 0 Å². The molecule has 1 aliphatic rings. The third-order valence-corrected chi connectivity index (χ3v) is 5.51. The Hall–Kier alpha value is -1.27. The van der Waals surface area contributed by atoms with Crippen molar-refractivity contribution in [3.05, 3.63) is 18.2 Å². The van der Waals surface area contributed by atoms with Gasteiger partial charge in [0.2, 0.25) is 10.0 Å². The molecule has 1 saturated carbocycles. The van der Waals surface area contributed by atoms with Crippen LogP contribution >= 0.6 is 0 Å². The van der Waals surface area contributed by atoms with E-state index in [0.29, 0.717) is 17.4 Å². The molecule has 20 heavy (non-hydrogen) atoms. The van der Waals surface area contributed by atoms with Crippen molar-refractivity contribution >= 4 is 15.7 Å². The summed E-state index contributed by atoms with van der Waals surface area (Å²) in [4.78, 5) is 0.102. The fourth-order valence-corrected chi connectivity index (χ4v) is 4.28. The van der Waals surface area contributed by atoms with E-state index in [4.69, 9.17) is 10.5 Å². The molecular weight excluding hydrogens is 276 g/mol. The van der Waals surface area contributed by atoms with Gasteiger partial charge in [0.05, 0.1) is 7.11 Å². The molecule has 1 unspecified atom stereocenters. The third-order valence-electron chi connectivity index (χ3n) is 3.93. The van der Waals surface area contributed by atoms with Gasteiger partial charge in [-0.25, -0.2) is 13.1 Å². The van der Waals surface area contributed by atoms with E-state index in [2.05, 4.69) is 4.72 Å². The van der Waals surface area contributed by atoms with E-state index < -0.39 is 10.0 Å². The number of hydrogen-bond acceptors (Lipinski definition) is 4. The van der Waals surface area contributed by atoms with Crippen LogP contribution in [0.3, 0.4) is 0 Å². The molecular formula is C14H22N2O3S.